The molecule has 0 bridgehead atoms. The Balaban J connectivity index is 1.22. The van der Waals surface area contributed by atoms with Gasteiger partial charge in [-0.25, -0.2) is 13.2 Å². The zero-order valence-corrected chi connectivity index (χ0v) is 18.4. The molecule has 1 heterocycles. The molecule has 1 aromatic carbocycles. The highest BCUT2D eigenvalue weighted by Gasteiger charge is 2.35. The summed E-state index contributed by atoms with van der Waals surface area (Å²) in [6, 6.07) is 2.36. The molecule has 0 N–H and O–H groups in total. The first-order valence-electron chi connectivity index (χ1n) is 12.3. The van der Waals surface area contributed by atoms with Gasteiger partial charge in [0.15, 0.2) is 17.5 Å². The Morgan fingerprint density at radius 2 is 1.37 bits per heavy atom. The van der Waals surface area contributed by atoms with Crippen molar-refractivity contribution in [3.63, 3.8) is 0 Å². The topological polar surface area (TPSA) is 9.23 Å². The highest BCUT2D eigenvalue weighted by Crippen LogP contribution is 2.43. The molecule has 30 heavy (non-hydrogen) atoms. The second-order valence-corrected chi connectivity index (χ2v) is 10.2. The molecule has 3 aliphatic rings. The Bertz CT molecular complexity index is 659. The van der Waals surface area contributed by atoms with E-state index in [-0.39, 0.29) is 5.92 Å². The molecule has 0 spiro atoms. The predicted octanol–water partition coefficient (Wildman–Crippen LogP) is 7.78. The van der Waals surface area contributed by atoms with Gasteiger partial charge in [0.05, 0.1) is 12.7 Å². The molecular formula is C26H37F3O. The fraction of sp³-hybridized carbons (Fsp3) is 0.769. The van der Waals surface area contributed by atoms with Crippen molar-refractivity contribution in [2.24, 2.45) is 23.7 Å². The third-order valence-corrected chi connectivity index (χ3v) is 8.38. The van der Waals surface area contributed by atoms with Crippen LogP contribution in [0.1, 0.15) is 95.5 Å². The summed E-state index contributed by atoms with van der Waals surface area (Å²) in [7, 11) is 0. The summed E-state index contributed by atoms with van der Waals surface area (Å²) in [5.74, 6) is -0.269. The average molecular weight is 423 g/mol. The SMILES string of the molecule is CCCC1CCC(C2CCC(C3CCC(c4cc(F)c(F)c(F)c4)CC3)OC2)CC1. The van der Waals surface area contributed by atoms with Crippen LogP contribution in [0.2, 0.25) is 0 Å². The van der Waals surface area contributed by atoms with E-state index in [1.807, 2.05) is 0 Å². The fourth-order valence-electron chi connectivity index (χ4n) is 6.53. The average Bonchev–Trinajstić information content (AvgIpc) is 2.78. The molecule has 2 unspecified atom stereocenters. The molecular weight excluding hydrogens is 385 g/mol. The standard InChI is InChI=1S/C26H37F3O/c1-2-3-17-4-6-18(7-5-17)21-12-13-25(30-16-21)20-10-8-19(9-11-20)22-14-23(27)26(29)24(28)15-22/h14-15,17-21,25H,2-13,16H2,1H3. The third-order valence-electron chi connectivity index (χ3n) is 8.38. The van der Waals surface area contributed by atoms with Gasteiger partial charge in [0.1, 0.15) is 0 Å². The second kappa shape index (κ2) is 10.1. The highest BCUT2D eigenvalue weighted by atomic mass is 19.2. The maximum Gasteiger partial charge on any atom is 0.194 e. The Morgan fingerprint density at radius 3 is 1.93 bits per heavy atom. The first-order valence-corrected chi connectivity index (χ1v) is 12.3. The van der Waals surface area contributed by atoms with E-state index >= 15 is 0 Å². The van der Waals surface area contributed by atoms with Crippen LogP contribution in [0.4, 0.5) is 13.2 Å². The summed E-state index contributed by atoms with van der Waals surface area (Å²) < 4.78 is 46.8. The minimum Gasteiger partial charge on any atom is -0.378 e. The Kier molecular flexibility index (Phi) is 7.44. The van der Waals surface area contributed by atoms with Crippen LogP contribution in [0.15, 0.2) is 12.1 Å². The van der Waals surface area contributed by atoms with Gasteiger partial charge in [-0.05, 0) is 98.7 Å². The van der Waals surface area contributed by atoms with Crippen molar-refractivity contribution in [1.82, 2.24) is 0 Å². The van der Waals surface area contributed by atoms with E-state index in [1.165, 1.54) is 57.1 Å². The molecule has 1 aliphatic heterocycles. The maximum atomic E-state index is 13.6. The molecule has 3 fully saturated rings. The van der Waals surface area contributed by atoms with Gasteiger partial charge in [0, 0.05) is 0 Å². The molecule has 0 amide bonds. The van der Waals surface area contributed by atoms with Crippen LogP contribution in [-0.4, -0.2) is 12.7 Å². The zero-order valence-electron chi connectivity index (χ0n) is 18.4. The zero-order chi connectivity index (χ0) is 21.1. The summed E-state index contributed by atoms with van der Waals surface area (Å²) in [6.07, 6.45) is 15.0. The second-order valence-electron chi connectivity index (χ2n) is 10.2. The molecule has 1 aromatic rings. The summed E-state index contributed by atoms with van der Waals surface area (Å²) in [6.45, 7) is 3.22. The van der Waals surface area contributed by atoms with Crippen molar-refractivity contribution in [3.05, 3.63) is 35.1 Å². The van der Waals surface area contributed by atoms with Crippen molar-refractivity contribution < 1.29 is 17.9 Å². The van der Waals surface area contributed by atoms with Crippen LogP contribution >= 0.6 is 0 Å². The smallest absolute Gasteiger partial charge is 0.194 e. The van der Waals surface area contributed by atoms with Gasteiger partial charge in [0.2, 0.25) is 0 Å². The normalized spacial score (nSPS) is 35.3. The molecule has 1 nitrogen and oxygen atoms in total. The molecule has 168 valence electrons. The summed E-state index contributed by atoms with van der Waals surface area (Å²) >= 11 is 0. The number of benzene rings is 1. The lowest BCUT2D eigenvalue weighted by atomic mass is 9.71. The Morgan fingerprint density at radius 1 is 0.767 bits per heavy atom. The highest BCUT2D eigenvalue weighted by molar-refractivity contribution is 5.23. The number of hydrogen-bond donors (Lipinski definition) is 0. The van der Waals surface area contributed by atoms with E-state index in [4.69, 9.17) is 4.74 Å². The summed E-state index contributed by atoms with van der Waals surface area (Å²) in [4.78, 5) is 0. The van der Waals surface area contributed by atoms with E-state index < -0.39 is 17.5 Å². The van der Waals surface area contributed by atoms with Crippen LogP contribution in [0.5, 0.6) is 0 Å². The molecule has 2 atom stereocenters. The Labute approximate surface area is 179 Å². The van der Waals surface area contributed by atoms with Gasteiger partial charge >= 0.3 is 0 Å². The van der Waals surface area contributed by atoms with Crippen molar-refractivity contribution >= 4 is 0 Å². The van der Waals surface area contributed by atoms with Gasteiger partial charge in [-0.15, -0.1) is 0 Å². The van der Waals surface area contributed by atoms with Crippen LogP contribution in [-0.2, 0) is 4.74 Å². The molecule has 2 saturated carbocycles. The van der Waals surface area contributed by atoms with Gasteiger partial charge in [-0.3, -0.25) is 0 Å². The van der Waals surface area contributed by atoms with Crippen molar-refractivity contribution in [2.75, 3.05) is 6.61 Å². The van der Waals surface area contributed by atoms with Crippen LogP contribution in [0, 0.1) is 41.1 Å². The van der Waals surface area contributed by atoms with E-state index in [9.17, 15) is 13.2 Å². The summed E-state index contributed by atoms with van der Waals surface area (Å²) in [5, 5.41) is 0. The van der Waals surface area contributed by atoms with E-state index in [0.29, 0.717) is 17.6 Å². The molecule has 0 radical (unpaired) electrons. The number of halogens is 3. The van der Waals surface area contributed by atoms with Crippen molar-refractivity contribution in [2.45, 2.75) is 96.0 Å². The van der Waals surface area contributed by atoms with Crippen LogP contribution in [0.25, 0.3) is 0 Å². The third kappa shape index (κ3) is 5.06. The van der Waals surface area contributed by atoms with Crippen molar-refractivity contribution in [3.8, 4) is 0 Å². The maximum absolute atomic E-state index is 13.6. The quantitative estimate of drug-likeness (QED) is 0.440. The predicted molar refractivity (Wildman–Crippen MR) is 114 cm³/mol. The molecule has 1 saturated heterocycles. The molecule has 4 heteroatoms. The first-order chi connectivity index (χ1) is 14.5. The van der Waals surface area contributed by atoms with Gasteiger partial charge in [-0.2, -0.15) is 0 Å². The largest absolute Gasteiger partial charge is 0.378 e. The van der Waals surface area contributed by atoms with E-state index in [0.717, 1.165) is 56.5 Å². The summed E-state index contributed by atoms with van der Waals surface area (Å²) in [5.41, 5.74) is 0.605. The number of rotatable bonds is 5. The van der Waals surface area contributed by atoms with Gasteiger partial charge in [-0.1, -0.05) is 32.6 Å². The van der Waals surface area contributed by atoms with Crippen molar-refractivity contribution in [1.29, 1.82) is 0 Å². The lowest BCUT2D eigenvalue weighted by Gasteiger charge is -2.41. The van der Waals surface area contributed by atoms with E-state index in [2.05, 4.69) is 6.92 Å². The number of ether oxygens (including phenoxy) is 1. The lowest BCUT2D eigenvalue weighted by Crippen LogP contribution is -2.37. The van der Waals surface area contributed by atoms with E-state index in [1.54, 1.807) is 0 Å². The van der Waals surface area contributed by atoms with Gasteiger partial charge < -0.3 is 4.74 Å². The fourth-order valence-corrected chi connectivity index (χ4v) is 6.53. The van der Waals surface area contributed by atoms with Crippen LogP contribution in [0.3, 0.4) is 0 Å². The molecule has 0 aromatic heterocycles. The first kappa shape index (κ1) is 22.2. The Hall–Kier alpha value is -1.03. The minimum absolute atomic E-state index is 0.125. The lowest BCUT2D eigenvalue weighted by molar-refractivity contribution is -0.0724. The molecule has 2 aliphatic carbocycles. The number of hydrogen-bond acceptors (Lipinski definition) is 1. The van der Waals surface area contributed by atoms with Crippen LogP contribution < -0.4 is 0 Å². The molecule has 4 rings (SSSR count). The van der Waals surface area contributed by atoms with Gasteiger partial charge in [0.25, 0.3) is 0 Å². The monoisotopic (exact) mass is 422 g/mol. The minimum atomic E-state index is -1.36.